The Morgan fingerprint density at radius 3 is 1.69 bits per heavy atom. The van der Waals surface area contributed by atoms with Crippen molar-refractivity contribution in [2.24, 2.45) is 29.6 Å². The quantitative estimate of drug-likeness (QED) is 0.191. The number of phenolic OH excluding ortho intramolecular Hbond substituents is 2. The van der Waals surface area contributed by atoms with Crippen LogP contribution in [0.5, 0.6) is 11.5 Å². The van der Waals surface area contributed by atoms with Gasteiger partial charge in [0.15, 0.2) is 11.6 Å². The molecule has 2 aromatic rings. The van der Waals surface area contributed by atoms with Gasteiger partial charge in [-0.15, -0.1) is 0 Å². The second-order valence-electron chi connectivity index (χ2n) is 16.3. The van der Waals surface area contributed by atoms with Crippen LogP contribution in [-0.2, 0) is 65.3 Å². The number of ether oxygens (including phenoxy) is 5. The molecular formula is C46H44O13. The minimum atomic E-state index is -0.896. The number of hydrogen-bond acceptors (Lipinski definition) is 13. The van der Waals surface area contributed by atoms with Crippen molar-refractivity contribution in [3.05, 3.63) is 117 Å². The maximum atomic E-state index is 13.7. The van der Waals surface area contributed by atoms with Crippen molar-refractivity contribution in [2.75, 3.05) is 13.2 Å². The molecule has 2 N–H and O–H groups in total. The standard InChI is InChI=1S/C46H44O13/c1-21-13-33(39-23(3)45(53)58-43(39)41-27(17-31(49)37(21)41)19-55-35(51)15-25-5-9-29(47)10-6-25)57-34-14-22(2)38-32(50)18-28(42(38)44-40(34)24(4)46(54)59-44)20-56-36(52)16-26-7-11-30(48)12-8-26/h5-12,17-18,24,33-34,39-44,47-48H,3,13-16,19-20H2,1-2,4H3/t24-,33-,34-,39+,40+,41-,42-,43-,44-/m0/s1. The number of ketones is 2. The van der Waals surface area contributed by atoms with Gasteiger partial charge in [0.2, 0.25) is 0 Å². The van der Waals surface area contributed by atoms with Crippen LogP contribution in [0.1, 0.15) is 44.7 Å². The van der Waals surface area contributed by atoms with E-state index in [-0.39, 0.29) is 67.5 Å². The van der Waals surface area contributed by atoms with Crippen molar-refractivity contribution in [3.63, 3.8) is 0 Å². The molecule has 2 aliphatic heterocycles. The highest BCUT2D eigenvalue weighted by molar-refractivity contribution is 6.10. The van der Waals surface area contributed by atoms with Crippen LogP contribution in [0.25, 0.3) is 0 Å². The SMILES string of the molecule is C=C1C(=O)O[C@@H]2[C@H]3C(COC(=O)Cc4ccc(O)cc4)=CC(=O)C3=C(C)C[C@H](O[C@H]3CC(C)=C4C(=O)C=C(COC(=O)Cc5ccc(O)cc5)[C@@H]4[C@H]4OC(=O)[C@@H](C)[C@@H]43)[C@@H]12. The van der Waals surface area contributed by atoms with E-state index in [0.717, 1.165) is 5.57 Å². The van der Waals surface area contributed by atoms with E-state index in [4.69, 9.17) is 23.7 Å². The average Bonchev–Trinajstić information content (AvgIpc) is 3.85. The lowest BCUT2D eigenvalue weighted by atomic mass is 9.79. The normalized spacial score (nSPS) is 29.7. The second kappa shape index (κ2) is 15.6. The highest BCUT2D eigenvalue weighted by atomic mass is 16.6. The molecule has 13 nitrogen and oxygen atoms in total. The van der Waals surface area contributed by atoms with E-state index >= 15 is 0 Å². The lowest BCUT2D eigenvalue weighted by Crippen LogP contribution is -2.42. The van der Waals surface area contributed by atoms with Gasteiger partial charge in [0.25, 0.3) is 0 Å². The van der Waals surface area contributed by atoms with Gasteiger partial charge in [-0.3, -0.25) is 24.0 Å². The van der Waals surface area contributed by atoms with E-state index in [1.807, 2.05) is 13.8 Å². The highest BCUT2D eigenvalue weighted by Gasteiger charge is 2.58. The Hall–Kier alpha value is -6.08. The molecule has 59 heavy (non-hydrogen) atoms. The fourth-order valence-electron chi connectivity index (χ4n) is 9.79. The number of aromatic hydroxyl groups is 2. The van der Waals surface area contributed by atoms with Crippen molar-refractivity contribution in [1.82, 2.24) is 0 Å². The monoisotopic (exact) mass is 804 g/mol. The molecule has 0 spiro atoms. The smallest absolute Gasteiger partial charge is 0.334 e. The summed E-state index contributed by atoms with van der Waals surface area (Å²) in [4.78, 5) is 79.7. The molecule has 2 aromatic carbocycles. The van der Waals surface area contributed by atoms with Crippen molar-refractivity contribution >= 4 is 35.4 Å². The summed E-state index contributed by atoms with van der Waals surface area (Å²) in [5.74, 6) is -5.84. The number of rotatable bonds is 10. The summed E-state index contributed by atoms with van der Waals surface area (Å²) in [5.41, 5.74) is 4.79. The molecule has 0 radical (unpaired) electrons. The summed E-state index contributed by atoms with van der Waals surface area (Å²) < 4.78 is 30.4. The Bertz CT molecular complexity index is 2290. The zero-order valence-electron chi connectivity index (χ0n) is 32.8. The van der Waals surface area contributed by atoms with Gasteiger partial charge in [0.05, 0.1) is 42.8 Å². The first-order valence-corrected chi connectivity index (χ1v) is 19.7. The third kappa shape index (κ3) is 7.43. The highest BCUT2D eigenvalue weighted by Crippen LogP contribution is 2.52. The van der Waals surface area contributed by atoms with Crippen LogP contribution in [0.15, 0.2) is 106 Å². The molecule has 2 fully saturated rings. The summed E-state index contributed by atoms with van der Waals surface area (Å²) in [7, 11) is 0. The number of phenols is 2. The Labute approximate surface area is 340 Å². The van der Waals surface area contributed by atoms with Gasteiger partial charge in [-0.1, -0.05) is 48.9 Å². The fourth-order valence-corrected chi connectivity index (χ4v) is 9.79. The van der Waals surface area contributed by atoms with Gasteiger partial charge in [-0.05, 0) is 85.4 Å². The summed E-state index contributed by atoms with van der Waals surface area (Å²) in [5, 5.41) is 19.2. The lowest BCUT2D eigenvalue weighted by molar-refractivity contribution is -0.146. The largest absolute Gasteiger partial charge is 0.508 e. The number of esters is 4. The van der Waals surface area contributed by atoms with E-state index in [0.29, 0.717) is 39.0 Å². The number of allylic oxidation sites excluding steroid dienone is 2. The first-order chi connectivity index (χ1) is 28.2. The topological polar surface area (TPSA) is 189 Å². The molecule has 8 rings (SSSR count). The predicted octanol–water partition coefficient (Wildman–Crippen LogP) is 4.69. The zero-order chi connectivity index (χ0) is 41.9. The molecule has 6 aliphatic rings. The van der Waals surface area contributed by atoms with Crippen molar-refractivity contribution < 1.29 is 62.7 Å². The lowest BCUT2D eigenvalue weighted by Gasteiger charge is -2.35. The minimum absolute atomic E-state index is 0.0472. The number of benzene rings is 2. The summed E-state index contributed by atoms with van der Waals surface area (Å²) in [6, 6.07) is 12.4. The van der Waals surface area contributed by atoms with E-state index in [2.05, 4.69) is 6.58 Å². The average molecular weight is 805 g/mol. The maximum absolute atomic E-state index is 13.7. The van der Waals surface area contributed by atoms with Crippen LogP contribution in [-0.4, -0.2) is 83.3 Å². The summed E-state index contributed by atoms with van der Waals surface area (Å²) in [6.45, 7) is 9.12. The number of hydrogen-bond donors (Lipinski definition) is 2. The first-order valence-electron chi connectivity index (χ1n) is 19.7. The van der Waals surface area contributed by atoms with E-state index in [1.54, 1.807) is 31.2 Å². The number of carbonyl (C=O) groups is 6. The zero-order valence-corrected chi connectivity index (χ0v) is 32.8. The Morgan fingerprint density at radius 1 is 0.712 bits per heavy atom. The maximum Gasteiger partial charge on any atom is 0.334 e. The molecule has 2 saturated heterocycles. The van der Waals surface area contributed by atoms with Crippen molar-refractivity contribution in [1.29, 1.82) is 0 Å². The van der Waals surface area contributed by atoms with Crippen LogP contribution in [0.2, 0.25) is 0 Å². The third-order valence-corrected chi connectivity index (χ3v) is 12.6. The van der Waals surface area contributed by atoms with E-state index in [1.165, 1.54) is 36.4 Å². The number of fused-ring (bicyclic) bond motifs is 6. The molecule has 306 valence electrons. The van der Waals surface area contributed by atoms with Gasteiger partial charge in [-0.2, -0.15) is 0 Å². The molecule has 2 heterocycles. The molecule has 13 heteroatoms. The molecule has 9 atom stereocenters. The van der Waals surface area contributed by atoms with Crippen LogP contribution in [0.4, 0.5) is 0 Å². The molecule has 4 aliphatic carbocycles. The van der Waals surface area contributed by atoms with Crippen LogP contribution >= 0.6 is 0 Å². The third-order valence-electron chi connectivity index (χ3n) is 12.6. The molecular weight excluding hydrogens is 760 g/mol. The van der Waals surface area contributed by atoms with Crippen LogP contribution < -0.4 is 0 Å². The van der Waals surface area contributed by atoms with Gasteiger partial charge >= 0.3 is 23.9 Å². The predicted molar refractivity (Wildman–Crippen MR) is 207 cm³/mol. The van der Waals surface area contributed by atoms with Gasteiger partial charge in [0.1, 0.15) is 36.9 Å². The van der Waals surface area contributed by atoms with E-state index < -0.39 is 77.9 Å². The Kier molecular flexibility index (Phi) is 10.5. The second-order valence-corrected chi connectivity index (χ2v) is 16.3. The molecule has 0 saturated carbocycles. The van der Waals surface area contributed by atoms with Crippen LogP contribution in [0.3, 0.4) is 0 Å². The number of carbonyl (C=O) groups excluding carboxylic acids is 6. The van der Waals surface area contributed by atoms with Crippen LogP contribution in [0, 0.1) is 29.6 Å². The van der Waals surface area contributed by atoms with Gasteiger partial charge in [0, 0.05) is 28.6 Å². The fraction of sp³-hybridized carbons (Fsp3) is 0.391. The van der Waals surface area contributed by atoms with Gasteiger partial charge in [-0.25, -0.2) is 4.79 Å². The Morgan fingerprint density at radius 2 is 1.19 bits per heavy atom. The van der Waals surface area contributed by atoms with E-state index in [9.17, 15) is 39.0 Å². The minimum Gasteiger partial charge on any atom is -0.508 e. The summed E-state index contributed by atoms with van der Waals surface area (Å²) >= 11 is 0. The Balaban J connectivity index is 1.03. The molecule has 0 amide bonds. The summed E-state index contributed by atoms with van der Waals surface area (Å²) in [6.07, 6.45) is 0.147. The van der Waals surface area contributed by atoms with Crippen molar-refractivity contribution in [2.45, 2.75) is 70.9 Å². The molecule has 0 bridgehead atoms. The molecule has 0 aromatic heterocycles. The van der Waals surface area contributed by atoms with Crippen molar-refractivity contribution in [3.8, 4) is 11.5 Å². The van der Waals surface area contributed by atoms with Gasteiger partial charge < -0.3 is 33.9 Å². The molecule has 0 unspecified atom stereocenters. The first kappa shape index (κ1) is 39.7.